The Hall–Kier alpha value is -1.49. The highest BCUT2D eigenvalue weighted by Gasteiger charge is 2.13. The van der Waals surface area contributed by atoms with Crippen molar-refractivity contribution in [2.45, 2.75) is 0 Å². The molecule has 1 heterocycles. The molecule has 0 aliphatic heterocycles. The third kappa shape index (κ3) is 2.20. The van der Waals surface area contributed by atoms with E-state index in [9.17, 15) is 4.79 Å². The summed E-state index contributed by atoms with van der Waals surface area (Å²) in [6.07, 6.45) is 0. The van der Waals surface area contributed by atoms with Crippen molar-refractivity contribution in [3.05, 3.63) is 56.1 Å². The van der Waals surface area contributed by atoms with Crippen LogP contribution in [0.15, 0.2) is 41.2 Å². The van der Waals surface area contributed by atoms with Crippen LogP contribution >= 0.6 is 34.5 Å². The fourth-order valence-corrected chi connectivity index (χ4v) is 3.42. The lowest BCUT2D eigenvalue weighted by Gasteiger charge is -2.07. The minimum atomic E-state index is -0.0996. The van der Waals surface area contributed by atoms with E-state index in [0.717, 1.165) is 21.6 Å². The largest absolute Gasteiger partial charge is 0.497 e. The van der Waals surface area contributed by atoms with Crippen LogP contribution in [0.2, 0.25) is 10.0 Å². The molecule has 0 amide bonds. The van der Waals surface area contributed by atoms with Crippen molar-refractivity contribution in [2.75, 3.05) is 7.11 Å². The van der Waals surface area contributed by atoms with Gasteiger partial charge in [-0.15, -0.1) is 0 Å². The van der Waals surface area contributed by atoms with Crippen LogP contribution in [-0.2, 0) is 0 Å². The maximum atomic E-state index is 12.2. The highest BCUT2D eigenvalue weighted by molar-refractivity contribution is 7.16. The zero-order chi connectivity index (χ0) is 14.3. The zero-order valence-corrected chi connectivity index (χ0v) is 12.7. The molecule has 0 radical (unpaired) electrons. The summed E-state index contributed by atoms with van der Waals surface area (Å²) in [5.74, 6) is 0.716. The number of benzene rings is 2. The highest BCUT2D eigenvalue weighted by atomic mass is 35.5. The van der Waals surface area contributed by atoms with Crippen LogP contribution in [0.25, 0.3) is 15.9 Å². The molecule has 102 valence electrons. The Morgan fingerprint density at radius 1 is 1.15 bits per heavy atom. The van der Waals surface area contributed by atoms with E-state index >= 15 is 0 Å². The highest BCUT2D eigenvalue weighted by Crippen LogP contribution is 2.29. The number of halogens is 2. The summed E-state index contributed by atoms with van der Waals surface area (Å²) in [6.45, 7) is 0. The molecule has 0 aliphatic rings. The van der Waals surface area contributed by atoms with Crippen molar-refractivity contribution >= 4 is 44.8 Å². The first-order valence-electron chi connectivity index (χ1n) is 5.75. The Morgan fingerprint density at radius 2 is 1.95 bits per heavy atom. The summed E-state index contributed by atoms with van der Waals surface area (Å²) < 4.78 is 7.60. The predicted octanol–water partition coefficient (Wildman–Crippen LogP) is 4.37. The monoisotopic (exact) mass is 325 g/mol. The summed E-state index contributed by atoms with van der Waals surface area (Å²) >= 11 is 13.2. The maximum absolute atomic E-state index is 12.2. The normalized spacial score (nSPS) is 10.9. The van der Waals surface area contributed by atoms with Crippen LogP contribution in [0.4, 0.5) is 0 Å². The van der Waals surface area contributed by atoms with Gasteiger partial charge in [0, 0.05) is 5.02 Å². The zero-order valence-electron chi connectivity index (χ0n) is 10.4. The van der Waals surface area contributed by atoms with Gasteiger partial charge >= 0.3 is 4.87 Å². The molecule has 0 spiro atoms. The van der Waals surface area contributed by atoms with Gasteiger partial charge in [-0.25, -0.2) is 0 Å². The molecule has 3 aromatic rings. The van der Waals surface area contributed by atoms with Crippen LogP contribution in [-0.4, -0.2) is 11.7 Å². The number of hydrogen-bond acceptors (Lipinski definition) is 3. The Morgan fingerprint density at radius 3 is 2.65 bits per heavy atom. The van der Waals surface area contributed by atoms with Gasteiger partial charge in [-0.1, -0.05) is 34.5 Å². The van der Waals surface area contributed by atoms with Crippen molar-refractivity contribution in [2.24, 2.45) is 0 Å². The minimum absolute atomic E-state index is 0.0996. The molecule has 0 saturated carbocycles. The lowest BCUT2D eigenvalue weighted by molar-refractivity contribution is 0.415. The van der Waals surface area contributed by atoms with Crippen molar-refractivity contribution in [1.29, 1.82) is 0 Å². The molecule has 0 N–H and O–H groups in total. The van der Waals surface area contributed by atoms with Crippen LogP contribution in [0.5, 0.6) is 5.75 Å². The van der Waals surface area contributed by atoms with E-state index < -0.39 is 0 Å². The van der Waals surface area contributed by atoms with Gasteiger partial charge < -0.3 is 4.74 Å². The molecule has 0 fully saturated rings. The van der Waals surface area contributed by atoms with Gasteiger partial charge in [0.1, 0.15) is 5.75 Å². The van der Waals surface area contributed by atoms with E-state index in [1.807, 2.05) is 18.2 Å². The summed E-state index contributed by atoms with van der Waals surface area (Å²) in [4.78, 5) is 12.1. The Bertz CT molecular complexity index is 854. The number of ether oxygens (including phenoxy) is 1. The second-order valence-corrected chi connectivity index (χ2v) is 5.97. The number of aromatic nitrogens is 1. The number of methoxy groups -OCH3 is 1. The summed E-state index contributed by atoms with van der Waals surface area (Å²) in [5.41, 5.74) is 1.42. The smallest absolute Gasteiger partial charge is 0.312 e. The van der Waals surface area contributed by atoms with E-state index in [0.29, 0.717) is 21.5 Å². The minimum Gasteiger partial charge on any atom is -0.497 e. The summed E-state index contributed by atoms with van der Waals surface area (Å²) in [7, 11) is 1.59. The fraction of sp³-hybridized carbons (Fsp3) is 0.0714. The van der Waals surface area contributed by atoms with Gasteiger partial charge in [0.15, 0.2) is 0 Å². The lowest BCUT2D eigenvalue weighted by Crippen LogP contribution is -2.10. The molecule has 3 rings (SSSR count). The molecule has 2 aromatic carbocycles. The van der Waals surface area contributed by atoms with Crippen LogP contribution in [0, 0.1) is 0 Å². The number of thiazole rings is 1. The standard InChI is InChI=1S/C14H9Cl2NO2S/c1-19-9-3-5-12-13(7-9)20-14(18)17(12)11-4-2-8(15)6-10(11)16/h2-7H,1H3. The lowest BCUT2D eigenvalue weighted by atomic mass is 10.2. The fourth-order valence-electron chi connectivity index (χ4n) is 2.02. The van der Waals surface area contributed by atoms with E-state index in [2.05, 4.69) is 0 Å². The SMILES string of the molecule is COc1ccc2c(c1)sc(=O)n2-c1ccc(Cl)cc1Cl. The Balaban J connectivity index is 2.31. The van der Waals surface area contributed by atoms with E-state index in [1.165, 1.54) is 0 Å². The van der Waals surface area contributed by atoms with Crippen molar-refractivity contribution in [3.63, 3.8) is 0 Å². The Kier molecular flexibility index (Phi) is 3.46. The van der Waals surface area contributed by atoms with Crippen molar-refractivity contribution < 1.29 is 4.74 Å². The molecule has 6 heteroatoms. The second kappa shape index (κ2) is 5.13. The van der Waals surface area contributed by atoms with Crippen LogP contribution < -0.4 is 9.61 Å². The van der Waals surface area contributed by atoms with Gasteiger partial charge in [-0.3, -0.25) is 9.36 Å². The Labute approximate surface area is 128 Å². The van der Waals surface area contributed by atoms with Gasteiger partial charge in [-0.2, -0.15) is 0 Å². The number of hydrogen-bond donors (Lipinski definition) is 0. The number of rotatable bonds is 2. The quantitative estimate of drug-likeness (QED) is 0.700. The van der Waals surface area contributed by atoms with Crippen molar-refractivity contribution in [3.8, 4) is 11.4 Å². The second-order valence-electron chi connectivity index (χ2n) is 4.13. The average molecular weight is 326 g/mol. The molecule has 0 unspecified atom stereocenters. The molecule has 20 heavy (non-hydrogen) atoms. The van der Waals surface area contributed by atoms with Crippen molar-refractivity contribution in [1.82, 2.24) is 4.57 Å². The third-order valence-corrected chi connectivity index (χ3v) is 4.38. The van der Waals surface area contributed by atoms with E-state index in [4.69, 9.17) is 27.9 Å². The molecule has 0 saturated heterocycles. The average Bonchev–Trinajstić information content (AvgIpc) is 2.74. The topological polar surface area (TPSA) is 31.2 Å². The number of fused-ring (bicyclic) bond motifs is 1. The molecule has 0 aliphatic carbocycles. The third-order valence-electron chi connectivity index (χ3n) is 2.94. The summed E-state index contributed by atoms with van der Waals surface area (Å²) in [5, 5.41) is 0.975. The number of nitrogens with zero attached hydrogens (tertiary/aromatic N) is 1. The molecular weight excluding hydrogens is 317 g/mol. The first kappa shape index (κ1) is 13.5. The van der Waals surface area contributed by atoms with E-state index in [1.54, 1.807) is 29.9 Å². The molecule has 0 atom stereocenters. The van der Waals surface area contributed by atoms with Gasteiger partial charge in [-0.05, 0) is 36.4 Å². The molecule has 1 aromatic heterocycles. The molecular formula is C14H9Cl2NO2S. The van der Waals surface area contributed by atoms with Gasteiger partial charge in [0.25, 0.3) is 0 Å². The predicted molar refractivity (Wildman–Crippen MR) is 84.0 cm³/mol. The van der Waals surface area contributed by atoms with Crippen LogP contribution in [0.1, 0.15) is 0 Å². The van der Waals surface area contributed by atoms with Gasteiger partial charge in [0.05, 0.1) is 28.0 Å². The molecule has 3 nitrogen and oxygen atoms in total. The van der Waals surface area contributed by atoms with Gasteiger partial charge in [0.2, 0.25) is 0 Å². The van der Waals surface area contributed by atoms with Crippen LogP contribution in [0.3, 0.4) is 0 Å². The summed E-state index contributed by atoms with van der Waals surface area (Å²) in [6, 6.07) is 10.6. The maximum Gasteiger partial charge on any atom is 0.312 e. The van der Waals surface area contributed by atoms with E-state index in [-0.39, 0.29) is 4.87 Å². The first-order valence-corrected chi connectivity index (χ1v) is 7.32. The first-order chi connectivity index (χ1) is 9.60. The molecule has 0 bridgehead atoms.